The summed E-state index contributed by atoms with van der Waals surface area (Å²) in [6.07, 6.45) is 6.79. The number of carbonyl (C=O) groups excluding carboxylic acids is 1. The zero-order valence-electron chi connectivity index (χ0n) is 27.6. The molecule has 0 radical (unpaired) electrons. The van der Waals surface area contributed by atoms with Crippen LogP contribution in [-0.4, -0.2) is 79.8 Å². The van der Waals surface area contributed by atoms with Crippen LogP contribution >= 0.6 is 0 Å². The van der Waals surface area contributed by atoms with Crippen molar-refractivity contribution in [2.45, 2.75) is 99.8 Å². The van der Waals surface area contributed by atoms with Gasteiger partial charge < -0.3 is 15.4 Å². The summed E-state index contributed by atoms with van der Waals surface area (Å²) >= 11 is 0. The molecule has 6 rings (SSSR count). The molecular weight excluding hydrogens is 641 g/mol. The molecule has 0 spiro atoms. The van der Waals surface area contributed by atoms with Crippen molar-refractivity contribution < 1.29 is 31.1 Å². The Morgan fingerprint density at radius 3 is 2.08 bits per heavy atom. The van der Waals surface area contributed by atoms with E-state index in [0.29, 0.717) is 50.8 Å². The molecule has 4 aliphatic rings. The number of benzene rings is 2. The number of rotatable bonds is 9. The number of nitrogens with zero attached hydrogens (tertiary/aromatic N) is 3. The number of likely N-dealkylation sites (tertiary alicyclic amines) is 1. The van der Waals surface area contributed by atoms with Gasteiger partial charge in [-0.2, -0.15) is 17.5 Å². The molecule has 2 aromatic carbocycles. The minimum absolute atomic E-state index is 0.00186. The fraction of sp³-hybridized carbons (Fsp3) is 0.639. The third-order valence-electron chi connectivity index (χ3n) is 11.0. The Kier molecular flexibility index (Phi) is 11.0. The highest BCUT2D eigenvalue weighted by Gasteiger charge is 2.45. The van der Waals surface area contributed by atoms with Gasteiger partial charge in [-0.05, 0) is 92.3 Å². The number of piperazine rings is 1. The molecule has 2 heterocycles. The molecule has 2 N–H and O–H groups in total. The van der Waals surface area contributed by atoms with Crippen LogP contribution in [0.1, 0.15) is 87.8 Å². The number of carbonyl (C=O) groups is 1. The Bertz CT molecular complexity index is 1470. The van der Waals surface area contributed by atoms with E-state index in [1.54, 1.807) is 41.3 Å². The highest BCUT2D eigenvalue weighted by Crippen LogP contribution is 2.42. The number of sulfonamides is 1. The Morgan fingerprint density at radius 1 is 0.833 bits per heavy atom. The molecule has 2 saturated carbocycles. The van der Waals surface area contributed by atoms with Crippen molar-refractivity contribution in [3.05, 3.63) is 59.7 Å². The smallest absolute Gasteiger partial charge is 0.416 e. The van der Waals surface area contributed by atoms with Gasteiger partial charge in [0, 0.05) is 44.8 Å². The molecule has 4 fully saturated rings. The molecule has 12 heteroatoms. The quantitative estimate of drug-likeness (QED) is 0.336. The molecule has 0 bridgehead atoms. The summed E-state index contributed by atoms with van der Waals surface area (Å²) in [6.45, 7) is 2.15. The predicted molar refractivity (Wildman–Crippen MR) is 178 cm³/mol. The maximum atomic E-state index is 14.3. The minimum atomic E-state index is -4.43. The third-order valence-corrected chi connectivity index (χ3v) is 12.9. The van der Waals surface area contributed by atoms with Crippen LogP contribution in [0.25, 0.3) is 0 Å². The van der Waals surface area contributed by atoms with Gasteiger partial charge in [0.2, 0.25) is 15.9 Å². The van der Waals surface area contributed by atoms with Crippen molar-refractivity contribution in [1.82, 2.24) is 14.1 Å². The molecule has 48 heavy (non-hydrogen) atoms. The third kappa shape index (κ3) is 8.03. The second kappa shape index (κ2) is 15.1. The molecule has 2 saturated heterocycles. The van der Waals surface area contributed by atoms with Crippen LogP contribution in [0, 0.1) is 11.8 Å². The molecule has 8 nitrogen and oxygen atoms in total. The van der Waals surface area contributed by atoms with Gasteiger partial charge in [0.15, 0.2) is 0 Å². The average molecular weight is 691 g/mol. The van der Waals surface area contributed by atoms with Gasteiger partial charge in [-0.15, -0.1) is 0 Å². The molecule has 2 unspecified atom stereocenters. The molecule has 2 atom stereocenters. The van der Waals surface area contributed by atoms with E-state index in [2.05, 4.69) is 4.90 Å². The number of hydrogen-bond acceptors (Lipinski definition) is 6. The minimum Gasteiger partial charge on any atom is -0.493 e. The summed E-state index contributed by atoms with van der Waals surface area (Å²) in [5.74, 6) is 1.10. The first-order valence-electron chi connectivity index (χ1n) is 17.7. The van der Waals surface area contributed by atoms with Crippen LogP contribution in [0.15, 0.2) is 53.4 Å². The Hall–Kier alpha value is -2.67. The van der Waals surface area contributed by atoms with Gasteiger partial charge in [0.25, 0.3) is 0 Å². The lowest BCUT2D eigenvalue weighted by Crippen LogP contribution is -2.62. The lowest BCUT2D eigenvalue weighted by molar-refractivity contribution is -0.139. The van der Waals surface area contributed by atoms with Crippen LogP contribution in [-0.2, 0) is 21.0 Å². The monoisotopic (exact) mass is 690 g/mol. The summed E-state index contributed by atoms with van der Waals surface area (Å²) in [5.41, 5.74) is 6.19. The first-order valence-corrected chi connectivity index (χ1v) is 19.1. The zero-order valence-corrected chi connectivity index (χ0v) is 28.4. The average Bonchev–Trinajstić information content (AvgIpc) is 3.62. The van der Waals surface area contributed by atoms with E-state index in [9.17, 15) is 26.4 Å². The van der Waals surface area contributed by atoms with Gasteiger partial charge in [-0.3, -0.25) is 9.69 Å². The molecule has 2 aliphatic carbocycles. The SMILES string of the molecule is NC1CCN(C(=O)C2CN(C(c3ccc(C(F)(F)F)cc3)C3CCCC3)CCN2S(=O)(=O)c2ccc(OCC3CCCCC3)cc2)CC1. The number of amides is 1. The number of hydrogen-bond donors (Lipinski definition) is 1. The van der Waals surface area contributed by atoms with Gasteiger partial charge >= 0.3 is 6.18 Å². The predicted octanol–water partition coefficient (Wildman–Crippen LogP) is 6.22. The fourth-order valence-corrected chi connectivity index (χ4v) is 9.76. The van der Waals surface area contributed by atoms with Crippen LogP contribution in [0.2, 0.25) is 0 Å². The first-order chi connectivity index (χ1) is 23.0. The Morgan fingerprint density at radius 2 is 1.46 bits per heavy atom. The summed E-state index contributed by atoms with van der Waals surface area (Å²) in [7, 11) is -4.06. The normalized spacial score (nSPS) is 23.8. The summed E-state index contributed by atoms with van der Waals surface area (Å²) < 4.78 is 76.1. The van der Waals surface area contributed by atoms with Crippen molar-refractivity contribution in [2.24, 2.45) is 17.6 Å². The van der Waals surface area contributed by atoms with Gasteiger partial charge in [0.1, 0.15) is 11.8 Å². The van der Waals surface area contributed by atoms with Crippen LogP contribution in [0.5, 0.6) is 5.75 Å². The number of piperidine rings is 1. The molecule has 1 amide bonds. The molecule has 0 aromatic heterocycles. The van der Waals surface area contributed by atoms with E-state index < -0.39 is 27.8 Å². The lowest BCUT2D eigenvalue weighted by Gasteiger charge is -2.46. The molecule has 2 aliphatic heterocycles. The second-order valence-corrected chi connectivity index (χ2v) is 16.1. The maximum Gasteiger partial charge on any atom is 0.416 e. The fourth-order valence-electron chi connectivity index (χ4n) is 8.19. The maximum absolute atomic E-state index is 14.3. The van der Waals surface area contributed by atoms with Crippen molar-refractivity contribution in [3.63, 3.8) is 0 Å². The topological polar surface area (TPSA) is 96.2 Å². The van der Waals surface area contributed by atoms with E-state index in [4.69, 9.17) is 10.5 Å². The molecule has 264 valence electrons. The second-order valence-electron chi connectivity index (χ2n) is 14.2. The van der Waals surface area contributed by atoms with Crippen molar-refractivity contribution in [3.8, 4) is 5.75 Å². The Balaban J connectivity index is 1.25. The zero-order chi connectivity index (χ0) is 33.9. The number of alkyl halides is 3. The summed E-state index contributed by atoms with van der Waals surface area (Å²) in [6, 6.07) is 10.7. The molecular formula is C36H49F3N4O4S. The highest BCUT2D eigenvalue weighted by atomic mass is 32.2. The van der Waals surface area contributed by atoms with Gasteiger partial charge in [0.05, 0.1) is 17.1 Å². The highest BCUT2D eigenvalue weighted by molar-refractivity contribution is 7.89. The van der Waals surface area contributed by atoms with Crippen molar-refractivity contribution in [1.29, 1.82) is 0 Å². The van der Waals surface area contributed by atoms with Gasteiger partial charge in [-0.25, -0.2) is 8.42 Å². The Labute approximate surface area is 282 Å². The van der Waals surface area contributed by atoms with Crippen molar-refractivity contribution >= 4 is 15.9 Å². The van der Waals surface area contributed by atoms with E-state index in [1.165, 1.54) is 23.6 Å². The number of nitrogens with two attached hydrogens (primary N) is 1. The summed E-state index contributed by atoms with van der Waals surface area (Å²) in [5, 5.41) is 0. The summed E-state index contributed by atoms with van der Waals surface area (Å²) in [4.78, 5) is 18.2. The van der Waals surface area contributed by atoms with E-state index in [1.807, 2.05) is 0 Å². The standard InChI is InChI=1S/C36H49F3N4O4S/c37-36(38,39)29-12-10-28(11-13-29)34(27-8-4-5-9-27)42-22-23-43(33(24-42)35(44)41-20-18-30(40)19-21-41)48(45,46)32-16-14-31(15-17-32)47-25-26-6-2-1-3-7-26/h10-17,26-27,30,33-34H,1-9,18-25,40H2. The number of ether oxygens (including phenoxy) is 1. The van der Waals surface area contributed by atoms with Crippen LogP contribution < -0.4 is 10.5 Å². The number of halogens is 3. The van der Waals surface area contributed by atoms with E-state index in [0.717, 1.165) is 56.2 Å². The van der Waals surface area contributed by atoms with Crippen molar-refractivity contribution in [2.75, 3.05) is 39.3 Å². The largest absolute Gasteiger partial charge is 0.493 e. The van der Waals surface area contributed by atoms with E-state index in [-0.39, 0.29) is 41.9 Å². The van der Waals surface area contributed by atoms with E-state index >= 15 is 0 Å². The molecule has 2 aromatic rings. The van der Waals surface area contributed by atoms with Crippen LogP contribution in [0.4, 0.5) is 13.2 Å². The van der Waals surface area contributed by atoms with Gasteiger partial charge in [-0.1, -0.05) is 44.2 Å². The van der Waals surface area contributed by atoms with Crippen LogP contribution in [0.3, 0.4) is 0 Å². The first kappa shape index (κ1) is 35.2. The lowest BCUT2D eigenvalue weighted by atomic mass is 9.88.